The Hall–Kier alpha value is -3.92. The Bertz CT molecular complexity index is 1440. The Morgan fingerprint density at radius 3 is 2.68 bits per heavy atom. The summed E-state index contributed by atoms with van der Waals surface area (Å²) in [6, 6.07) is 11.8. The van der Waals surface area contributed by atoms with Crippen molar-refractivity contribution < 1.29 is 9.72 Å². The number of anilines is 1. The molecule has 34 heavy (non-hydrogen) atoms. The van der Waals surface area contributed by atoms with Gasteiger partial charge in [0.1, 0.15) is 0 Å². The Balaban J connectivity index is 1.64. The van der Waals surface area contributed by atoms with Crippen LogP contribution < -0.4 is 10.9 Å². The van der Waals surface area contributed by atoms with Crippen LogP contribution in [0.2, 0.25) is 0 Å². The summed E-state index contributed by atoms with van der Waals surface area (Å²) in [5, 5.41) is 21.3. The van der Waals surface area contributed by atoms with Gasteiger partial charge < -0.3 is 0 Å². The second kappa shape index (κ2) is 9.92. The highest BCUT2D eigenvalue weighted by Crippen LogP contribution is 2.29. The van der Waals surface area contributed by atoms with Crippen LogP contribution in [0.3, 0.4) is 0 Å². The van der Waals surface area contributed by atoms with E-state index in [-0.39, 0.29) is 16.9 Å². The lowest BCUT2D eigenvalue weighted by Gasteiger charge is -2.10. The summed E-state index contributed by atoms with van der Waals surface area (Å²) in [4.78, 5) is 41.2. The van der Waals surface area contributed by atoms with Gasteiger partial charge in [-0.1, -0.05) is 50.1 Å². The molecule has 2 aromatic carbocycles. The third-order valence-electron chi connectivity index (χ3n) is 5.48. The quantitative estimate of drug-likeness (QED) is 0.212. The molecule has 0 atom stereocenters. The molecule has 0 aliphatic heterocycles. The van der Waals surface area contributed by atoms with Crippen molar-refractivity contribution in [2.24, 2.45) is 0 Å². The molecule has 0 bridgehead atoms. The summed E-state index contributed by atoms with van der Waals surface area (Å²) in [5.41, 5.74) is 1.60. The highest BCUT2D eigenvalue weighted by Gasteiger charge is 2.19. The maximum atomic E-state index is 13.1. The first-order valence-electron chi connectivity index (χ1n) is 10.9. The van der Waals surface area contributed by atoms with Crippen molar-refractivity contribution >= 4 is 38.8 Å². The van der Waals surface area contributed by atoms with E-state index in [9.17, 15) is 19.7 Å². The largest absolute Gasteiger partial charge is 0.296 e. The van der Waals surface area contributed by atoms with Crippen molar-refractivity contribution in [1.82, 2.24) is 14.8 Å². The number of carbonyl (C=O) groups is 1. The standard InChI is InChI=1S/C24H23N5O4S/c1-3-4-7-12-28-23(31)18-9-6-5-8-17(18)21(27-28)22(30)26-24-25-19(14-34-24)16-11-10-15(2)20(13-16)29(32)33/h5-6,8-11,13-14H,3-4,7,12H2,1-2H3,(H,25,26,30). The fourth-order valence-corrected chi connectivity index (χ4v) is 4.37. The molecule has 2 aromatic heterocycles. The van der Waals surface area contributed by atoms with E-state index in [0.717, 1.165) is 19.3 Å². The third kappa shape index (κ3) is 4.72. The molecule has 2 heterocycles. The molecule has 0 aliphatic rings. The summed E-state index contributed by atoms with van der Waals surface area (Å²) in [7, 11) is 0. The van der Waals surface area contributed by atoms with Gasteiger partial charge in [0.2, 0.25) is 0 Å². The van der Waals surface area contributed by atoms with Crippen LogP contribution in [0.4, 0.5) is 10.8 Å². The molecular weight excluding hydrogens is 454 g/mol. The zero-order chi connectivity index (χ0) is 24.2. The monoisotopic (exact) mass is 477 g/mol. The summed E-state index contributed by atoms with van der Waals surface area (Å²) in [6.45, 7) is 4.19. The van der Waals surface area contributed by atoms with Gasteiger partial charge in [-0.3, -0.25) is 25.0 Å². The van der Waals surface area contributed by atoms with E-state index >= 15 is 0 Å². The Labute approximate surface area is 199 Å². The fraction of sp³-hybridized carbons (Fsp3) is 0.250. The molecule has 4 aromatic rings. The van der Waals surface area contributed by atoms with E-state index in [1.165, 1.54) is 22.1 Å². The Morgan fingerprint density at radius 1 is 1.18 bits per heavy atom. The van der Waals surface area contributed by atoms with Gasteiger partial charge in [-0.15, -0.1) is 11.3 Å². The molecule has 4 rings (SSSR count). The number of nitrogens with one attached hydrogen (secondary N) is 1. The minimum Gasteiger partial charge on any atom is -0.296 e. The van der Waals surface area contributed by atoms with Gasteiger partial charge in [0, 0.05) is 34.5 Å². The van der Waals surface area contributed by atoms with Crippen LogP contribution in [-0.4, -0.2) is 25.6 Å². The van der Waals surface area contributed by atoms with Gasteiger partial charge in [0.15, 0.2) is 10.8 Å². The van der Waals surface area contributed by atoms with Crippen molar-refractivity contribution in [2.75, 3.05) is 5.32 Å². The molecule has 0 aliphatic carbocycles. The zero-order valence-electron chi connectivity index (χ0n) is 18.8. The summed E-state index contributed by atoms with van der Waals surface area (Å²) in [6.07, 6.45) is 2.76. The van der Waals surface area contributed by atoms with Crippen LogP contribution in [0.15, 0.2) is 52.6 Å². The number of nitro benzene ring substituents is 1. The first-order valence-corrected chi connectivity index (χ1v) is 11.8. The lowest BCUT2D eigenvalue weighted by Crippen LogP contribution is -2.27. The minimum absolute atomic E-state index is 0.0112. The number of hydrogen-bond donors (Lipinski definition) is 1. The van der Waals surface area contributed by atoms with E-state index in [1.54, 1.807) is 48.7 Å². The summed E-state index contributed by atoms with van der Waals surface area (Å²) < 4.78 is 1.35. The van der Waals surface area contributed by atoms with E-state index < -0.39 is 10.8 Å². The average Bonchev–Trinajstić information content (AvgIpc) is 3.29. The third-order valence-corrected chi connectivity index (χ3v) is 6.24. The number of nitrogens with zero attached hydrogens (tertiary/aromatic N) is 4. The molecule has 0 spiro atoms. The summed E-state index contributed by atoms with van der Waals surface area (Å²) >= 11 is 1.21. The van der Waals surface area contributed by atoms with Gasteiger partial charge in [0.25, 0.3) is 17.2 Å². The number of amides is 1. The van der Waals surface area contributed by atoms with Crippen LogP contribution in [0.5, 0.6) is 0 Å². The van der Waals surface area contributed by atoms with E-state index in [4.69, 9.17) is 0 Å². The van der Waals surface area contributed by atoms with Gasteiger partial charge in [-0.05, 0) is 19.4 Å². The fourth-order valence-electron chi connectivity index (χ4n) is 3.65. The Kier molecular flexibility index (Phi) is 6.78. The van der Waals surface area contributed by atoms with Crippen molar-refractivity contribution in [2.45, 2.75) is 39.7 Å². The molecule has 0 fully saturated rings. The molecular formula is C24H23N5O4S. The van der Waals surface area contributed by atoms with Gasteiger partial charge >= 0.3 is 0 Å². The normalized spacial score (nSPS) is 11.0. The van der Waals surface area contributed by atoms with Gasteiger partial charge in [-0.25, -0.2) is 9.67 Å². The number of rotatable bonds is 8. The van der Waals surface area contributed by atoms with Gasteiger partial charge in [-0.2, -0.15) is 5.10 Å². The number of nitro groups is 1. The minimum atomic E-state index is -0.476. The van der Waals surface area contributed by atoms with E-state index in [1.807, 2.05) is 0 Å². The SMILES string of the molecule is CCCCCn1nc(C(=O)Nc2nc(-c3ccc(C)c([N+](=O)[O-])c3)cs2)c2ccccc2c1=O. The number of aromatic nitrogens is 3. The van der Waals surface area contributed by atoms with Crippen LogP contribution in [0, 0.1) is 17.0 Å². The number of aryl methyl sites for hydroxylation is 2. The molecule has 0 saturated carbocycles. The number of fused-ring (bicyclic) bond motifs is 1. The molecule has 10 heteroatoms. The molecule has 9 nitrogen and oxygen atoms in total. The first-order chi connectivity index (χ1) is 16.4. The maximum absolute atomic E-state index is 13.1. The van der Waals surface area contributed by atoms with Crippen LogP contribution in [-0.2, 0) is 6.54 Å². The Morgan fingerprint density at radius 2 is 1.94 bits per heavy atom. The van der Waals surface area contributed by atoms with Gasteiger partial charge in [0.05, 0.1) is 16.0 Å². The lowest BCUT2D eigenvalue weighted by atomic mass is 10.1. The van der Waals surface area contributed by atoms with Crippen molar-refractivity contribution in [3.05, 3.63) is 79.6 Å². The zero-order valence-corrected chi connectivity index (χ0v) is 19.6. The van der Waals surface area contributed by atoms with Crippen LogP contribution >= 0.6 is 11.3 Å². The molecule has 174 valence electrons. The second-order valence-electron chi connectivity index (χ2n) is 7.88. The highest BCUT2D eigenvalue weighted by molar-refractivity contribution is 7.14. The van der Waals surface area contributed by atoms with Crippen LogP contribution in [0.1, 0.15) is 42.2 Å². The average molecular weight is 478 g/mol. The topological polar surface area (TPSA) is 120 Å². The molecule has 1 amide bonds. The molecule has 0 radical (unpaired) electrons. The van der Waals surface area contributed by atoms with Crippen molar-refractivity contribution in [3.8, 4) is 11.3 Å². The lowest BCUT2D eigenvalue weighted by molar-refractivity contribution is -0.385. The molecule has 1 N–H and O–H groups in total. The molecule has 0 saturated heterocycles. The number of unbranched alkanes of at least 4 members (excludes halogenated alkanes) is 2. The first kappa shape index (κ1) is 23.2. The van der Waals surface area contributed by atoms with Crippen molar-refractivity contribution in [3.63, 3.8) is 0 Å². The predicted molar refractivity (Wildman–Crippen MR) is 132 cm³/mol. The highest BCUT2D eigenvalue weighted by atomic mass is 32.1. The smallest absolute Gasteiger partial charge is 0.278 e. The van der Waals surface area contributed by atoms with Crippen molar-refractivity contribution in [1.29, 1.82) is 0 Å². The summed E-state index contributed by atoms with van der Waals surface area (Å²) in [5.74, 6) is -0.476. The molecule has 0 unspecified atom stereocenters. The van der Waals surface area contributed by atoms with E-state index in [0.29, 0.717) is 39.3 Å². The number of thiazole rings is 1. The predicted octanol–water partition coefficient (Wildman–Crippen LogP) is 5.18. The van der Waals surface area contributed by atoms with Crippen LogP contribution in [0.25, 0.3) is 22.0 Å². The second-order valence-corrected chi connectivity index (χ2v) is 8.74. The number of carbonyl (C=O) groups excluding carboxylic acids is 1. The number of benzene rings is 2. The maximum Gasteiger partial charge on any atom is 0.278 e. The number of hydrogen-bond acceptors (Lipinski definition) is 7. The van der Waals surface area contributed by atoms with E-state index in [2.05, 4.69) is 22.3 Å².